The summed E-state index contributed by atoms with van der Waals surface area (Å²) in [5, 5.41) is 9.22. The molecule has 3 aliphatic rings. The lowest BCUT2D eigenvalue weighted by Crippen LogP contribution is -2.57. The fourth-order valence-electron chi connectivity index (χ4n) is 7.74. The normalized spacial score (nSPS) is 29.0. The number of fused-ring (bicyclic) bond motifs is 1. The first kappa shape index (κ1) is 32.9. The third kappa shape index (κ3) is 6.18. The zero-order valence-electron chi connectivity index (χ0n) is 26.4. The van der Waals surface area contributed by atoms with Gasteiger partial charge in [0.05, 0.1) is 17.4 Å². The van der Waals surface area contributed by atoms with E-state index in [0.717, 1.165) is 37.7 Å². The van der Waals surface area contributed by atoms with E-state index in [9.17, 15) is 19.5 Å². The second-order valence-corrected chi connectivity index (χ2v) is 12.8. The molecule has 3 fully saturated rings. The van der Waals surface area contributed by atoms with Crippen molar-refractivity contribution in [3.8, 4) is 0 Å². The van der Waals surface area contributed by atoms with Crippen molar-refractivity contribution in [2.45, 2.75) is 89.5 Å². The van der Waals surface area contributed by atoms with E-state index >= 15 is 0 Å². The number of carbonyl (C=O) groups is 3. The van der Waals surface area contributed by atoms with Gasteiger partial charge < -0.3 is 24.5 Å². The molecule has 8 heteroatoms. The first-order valence-corrected chi connectivity index (χ1v) is 16.1. The molecular formula is C35H51N3O5. The van der Waals surface area contributed by atoms with Gasteiger partial charge in [0, 0.05) is 39.3 Å². The Morgan fingerprint density at radius 2 is 1.72 bits per heavy atom. The largest absolute Gasteiger partial charge is 0.396 e. The predicted octanol–water partition coefficient (Wildman–Crippen LogP) is 4.58. The van der Waals surface area contributed by atoms with Gasteiger partial charge in [-0.25, -0.2) is 0 Å². The van der Waals surface area contributed by atoms with Crippen LogP contribution in [0.4, 0.5) is 0 Å². The summed E-state index contributed by atoms with van der Waals surface area (Å²) in [6.07, 6.45) is 8.93. The van der Waals surface area contributed by atoms with E-state index in [1.54, 1.807) is 22.0 Å². The summed E-state index contributed by atoms with van der Waals surface area (Å²) < 4.78 is 6.97. The molecule has 0 aliphatic carbocycles. The molecule has 1 N–H and O–H groups in total. The van der Waals surface area contributed by atoms with Crippen LogP contribution in [-0.4, -0.2) is 87.6 Å². The Labute approximate surface area is 257 Å². The van der Waals surface area contributed by atoms with Crippen molar-refractivity contribution in [3.05, 3.63) is 61.2 Å². The Morgan fingerprint density at radius 1 is 1.05 bits per heavy atom. The van der Waals surface area contributed by atoms with Crippen molar-refractivity contribution >= 4 is 17.7 Å². The molecule has 0 aromatic heterocycles. The molecule has 1 aromatic carbocycles. The Morgan fingerprint density at radius 3 is 2.37 bits per heavy atom. The Bertz CT molecular complexity index is 1160. The zero-order valence-corrected chi connectivity index (χ0v) is 26.4. The highest BCUT2D eigenvalue weighted by molar-refractivity contribution is 5.99. The van der Waals surface area contributed by atoms with Crippen molar-refractivity contribution in [3.63, 3.8) is 0 Å². The first-order valence-electron chi connectivity index (χ1n) is 16.1. The van der Waals surface area contributed by atoms with Gasteiger partial charge in [-0.2, -0.15) is 0 Å². The van der Waals surface area contributed by atoms with Crippen molar-refractivity contribution in [2.75, 3.05) is 32.8 Å². The van der Waals surface area contributed by atoms with Crippen LogP contribution in [0.2, 0.25) is 0 Å². The maximum atomic E-state index is 14.6. The third-order valence-electron chi connectivity index (χ3n) is 9.94. The molecule has 1 aromatic rings. The smallest absolute Gasteiger partial charge is 0.248 e. The van der Waals surface area contributed by atoms with Gasteiger partial charge in [-0.1, -0.05) is 75.6 Å². The fraction of sp³-hybridized carbons (Fsp3) is 0.629. The molecule has 0 radical (unpaired) electrons. The second kappa shape index (κ2) is 14.2. The number of hydrogen-bond donors (Lipinski definition) is 1. The molecule has 3 amide bonds. The summed E-state index contributed by atoms with van der Waals surface area (Å²) >= 11 is 0. The molecule has 43 heavy (non-hydrogen) atoms. The van der Waals surface area contributed by atoms with Crippen molar-refractivity contribution in [2.24, 2.45) is 17.8 Å². The third-order valence-corrected chi connectivity index (χ3v) is 9.94. The summed E-state index contributed by atoms with van der Waals surface area (Å²) in [5.74, 6) is -1.84. The average Bonchev–Trinajstić information content (AvgIpc) is 3.51. The Hall–Kier alpha value is -2.97. The number of amides is 3. The van der Waals surface area contributed by atoms with Crippen LogP contribution in [0.5, 0.6) is 0 Å². The number of carbonyl (C=O) groups excluding carboxylic acids is 3. The van der Waals surface area contributed by atoms with Crippen LogP contribution in [0.15, 0.2) is 55.6 Å². The predicted molar refractivity (Wildman–Crippen MR) is 168 cm³/mol. The standard InChI is InChI=1S/C35H51N3O5/c1-6-9-21-36(19-7-2)33(42)30-35-24-26(4)34(5,43-35)28(29(35)32(41)38(30)22-15-10-11-16-23-39)31(40)37(20-8-3)25-27-17-13-12-14-18-27/h7-8,12-14,17-18,26,28-30,39H,2-3,6,9-11,15-16,19-25H2,1,4-5H3/t26?,28-,29-,30?,34+,35?/m0/s1. The molecule has 4 rings (SSSR count). The zero-order chi connectivity index (χ0) is 31.2. The molecular weight excluding hydrogens is 542 g/mol. The summed E-state index contributed by atoms with van der Waals surface area (Å²) in [7, 11) is 0. The summed E-state index contributed by atoms with van der Waals surface area (Å²) in [6.45, 7) is 16.2. The maximum absolute atomic E-state index is 14.6. The van der Waals surface area contributed by atoms with Gasteiger partial charge in [0.1, 0.15) is 11.6 Å². The Balaban J connectivity index is 1.73. The number of rotatable bonds is 17. The van der Waals surface area contributed by atoms with E-state index in [1.807, 2.05) is 42.2 Å². The number of benzene rings is 1. The highest BCUT2D eigenvalue weighted by atomic mass is 16.5. The highest BCUT2D eigenvalue weighted by Gasteiger charge is 2.80. The van der Waals surface area contributed by atoms with Crippen LogP contribution in [0.25, 0.3) is 0 Å². The van der Waals surface area contributed by atoms with Gasteiger partial charge in [-0.3, -0.25) is 14.4 Å². The number of likely N-dealkylation sites (tertiary alicyclic amines) is 1. The van der Waals surface area contributed by atoms with Gasteiger partial charge in [-0.05, 0) is 44.1 Å². The van der Waals surface area contributed by atoms with E-state index in [1.165, 1.54) is 0 Å². The molecule has 0 saturated carbocycles. The number of aliphatic hydroxyl groups excluding tert-OH is 1. The average molecular weight is 594 g/mol. The van der Waals surface area contributed by atoms with Gasteiger partial charge in [0.15, 0.2) is 0 Å². The number of hydrogen-bond acceptors (Lipinski definition) is 5. The fourth-order valence-corrected chi connectivity index (χ4v) is 7.74. The van der Waals surface area contributed by atoms with Gasteiger partial charge >= 0.3 is 0 Å². The maximum Gasteiger partial charge on any atom is 0.248 e. The van der Waals surface area contributed by atoms with Crippen LogP contribution in [0.1, 0.15) is 71.3 Å². The Kier molecular flexibility index (Phi) is 10.9. The first-order chi connectivity index (χ1) is 20.7. The van der Waals surface area contributed by atoms with Gasteiger partial charge in [-0.15, -0.1) is 13.2 Å². The molecule has 236 valence electrons. The number of unbranched alkanes of at least 4 members (excludes halogenated alkanes) is 4. The van der Waals surface area contributed by atoms with Gasteiger partial charge in [0.2, 0.25) is 17.7 Å². The van der Waals surface area contributed by atoms with Crippen molar-refractivity contribution < 1.29 is 24.2 Å². The molecule has 8 nitrogen and oxygen atoms in total. The number of ether oxygens (including phenoxy) is 1. The minimum Gasteiger partial charge on any atom is -0.396 e. The van der Waals surface area contributed by atoms with E-state index in [0.29, 0.717) is 45.6 Å². The monoisotopic (exact) mass is 593 g/mol. The lowest BCUT2D eigenvalue weighted by Gasteiger charge is -2.39. The molecule has 2 bridgehead atoms. The molecule has 6 atom stereocenters. The summed E-state index contributed by atoms with van der Waals surface area (Å²) in [5.41, 5.74) is -0.932. The molecule has 3 saturated heterocycles. The SMILES string of the molecule is C=CCN(CCCC)C(=O)C1N(CCCCCCO)C(=O)[C@@H]2[C@@H](C(=O)N(CC=C)Cc3ccccc3)[C@]3(C)OC12CC3C. The van der Waals surface area contributed by atoms with E-state index in [4.69, 9.17) is 4.74 Å². The lowest BCUT2D eigenvalue weighted by atomic mass is 9.62. The second-order valence-electron chi connectivity index (χ2n) is 12.8. The molecule has 3 unspecified atom stereocenters. The number of nitrogens with zero attached hydrogens (tertiary/aromatic N) is 3. The lowest BCUT2D eigenvalue weighted by molar-refractivity contribution is -0.155. The topological polar surface area (TPSA) is 90.4 Å². The quantitative estimate of drug-likeness (QED) is 0.211. The van der Waals surface area contributed by atoms with Gasteiger partial charge in [0.25, 0.3) is 0 Å². The van der Waals surface area contributed by atoms with Crippen LogP contribution in [0, 0.1) is 17.8 Å². The molecule has 3 heterocycles. The summed E-state index contributed by atoms with van der Waals surface area (Å²) in [6, 6.07) is 9.04. The van der Waals surface area contributed by atoms with Crippen LogP contribution in [-0.2, 0) is 25.7 Å². The van der Waals surface area contributed by atoms with Crippen LogP contribution < -0.4 is 0 Å². The highest BCUT2D eigenvalue weighted by Crippen LogP contribution is 2.65. The van der Waals surface area contributed by atoms with E-state index in [2.05, 4.69) is 27.0 Å². The minimum atomic E-state index is -1.06. The van der Waals surface area contributed by atoms with Crippen molar-refractivity contribution in [1.82, 2.24) is 14.7 Å². The van der Waals surface area contributed by atoms with Crippen molar-refractivity contribution in [1.29, 1.82) is 0 Å². The molecule has 1 spiro atoms. The molecule has 3 aliphatic heterocycles. The number of aliphatic hydroxyl groups is 1. The van der Waals surface area contributed by atoms with Crippen LogP contribution >= 0.6 is 0 Å². The minimum absolute atomic E-state index is 0.0175. The van der Waals surface area contributed by atoms with Crippen LogP contribution in [0.3, 0.4) is 0 Å². The van der Waals surface area contributed by atoms with E-state index in [-0.39, 0.29) is 30.2 Å². The summed E-state index contributed by atoms with van der Waals surface area (Å²) in [4.78, 5) is 48.9. The van der Waals surface area contributed by atoms with E-state index < -0.39 is 29.1 Å².